The van der Waals surface area contributed by atoms with Crippen molar-refractivity contribution in [3.63, 3.8) is 0 Å². The van der Waals surface area contributed by atoms with Crippen molar-refractivity contribution in [3.05, 3.63) is 41.9 Å². The van der Waals surface area contributed by atoms with E-state index in [1.165, 1.54) is 7.11 Å². The molecule has 2 aromatic rings. The predicted molar refractivity (Wildman–Crippen MR) is 81.6 cm³/mol. The number of piperidine rings is 1. The summed E-state index contributed by atoms with van der Waals surface area (Å²) in [4.78, 5) is 19.0. The van der Waals surface area contributed by atoms with Crippen molar-refractivity contribution >= 4 is 5.91 Å². The molecule has 3 rings (SSSR count). The lowest BCUT2D eigenvalue weighted by molar-refractivity contribution is 0.0597. The highest BCUT2D eigenvalue weighted by molar-refractivity contribution is 5.96. The lowest BCUT2D eigenvalue weighted by atomic mass is 9.98. The molecule has 2 aromatic heterocycles. The molecule has 0 N–H and O–H groups in total. The van der Waals surface area contributed by atoms with E-state index in [-0.39, 0.29) is 11.9 Å². The Balaban J connectivity index is 1.94. The van der Waals surface area contributed by atoms with Gasteiger partial charge in [0.25, 0.3) is 5.91 Å². The molecule has 0 spiro atoms. The second-order valence-corrected chi connectivity index (χ2v) is 5.45. The first kappa shape index (κ1) is 14.6. The van der Waals surface area contributed by atoms with E-state index in [9.17, 15) is 4.79 Å². The number of hydrogen-bond donors (Lipinski definition) is 0. The first-order chi connectivity index (χ1) is 10.7. The number of nitrogens with zero attached hydrogens (tertiary/aromatic N) is 4. The molecule has 1 aliphatic rings. The molecule has 1 atom stereocenters. The molecule has 6 heteroatoms. The van der Waals surface area contributed by atoms with Crippen molar-refractivity contribution in [2.75, 3.05) is 13.7 Å². The van der Waals surface area contributed by atoms with Crippen LogP contribution < -0.4 is 4.74 Å². The molecule has 0 aliphatic carbocycles. The molecule has 0 unspecified atom stereocenters. The average molecular weight is 300 g/mol. The van der Waals surface area contributed by atoms with E-state index in [4.69, 9.17) is 4.74 Å². The summed E-state index contributed by atoms with van der Waals surface area (Å²) in [6.45, 7) is 0.743. The molecule has 1 aliphatic heterocycles. The zero-order chi connectivity index (χ0) is 15.5. The number of carbonyl (C=O) groups excluding carboxylic acids is 1. The van der Waals surface area contributed by atoms with E-state index in [0.717, 1.165) is 31.5 Å². The number of carbonyl (C=O) groups is 1. The van der Waals surface area contributed by atoms with Crippen molar-refractivity contribution < 1.29 is 9.53 Å². The van der Waals surface area contributed by atoms with Crippen LogP contribution in [-0.4, -0.2) is 39.2 Å². The molecule has 1 fully saturated rings. The van der Waals surface area contributed by atoms with Crippen molar-refractivity contribution in [1.82, 2.24) is 19.7 Å². The molecule has 0 saturated carbocycles. The molecular formula is C16H20N4O2. The van der Waals surface area contributed by atoms with Gasteiger partial charge in [0.1, 0.15) is 5.56 Å². The first-order valence-electron chi connectivity index (χ1n) is 7.50. The number of hydrogen-bond acceptors (Lipinski definition) is 4. The molecule has 6 nitrogen and oxygen atoms in total. The molecule has 1 saturated heterocycles. The van der Waals surface area contributed by atoms with E-state index in [2.05, 4.69) is 10.1 Å². The Morgan fingerprint density at radius 2 is 2.18 bits per heavy atom. The number of ether oxygens (including phenoxy) is 1. The maximum Gasteiger partial charge on any atom is 0.259 e. The Kier molecular flexibility index (Phi) is 4.09. The summed E-state index contributed by atoms with van der Waals surface area (Å²) in [7, 11) is 3.45. The maximum absolute atomic E-state index is 13.0. The minimum Gasteiger partial charge on any atom is -0.480 e. The third-order valence-electron chi connectivity index (χ3n) is 4.16. The summed E-state index contributed by atoms with van der Waals surface area (Å²) in [6, 6.07) is 5.57. The summed E-state index contributed by atoms with van der Waals surface area (Å²) < 4.78 is 7.07. The Bertz CT molecular complexity index is 668. The molecule has 22 heavy (non-hydrogen) atoms. The van der Waals surface area contributed by atoms with Gasteiger partial charge in [0.05, 0.1) is 18.8 Å². The lowest BCUT2D eigenvalue weighted by Gasteiger charge is -2.36. The minimum atomic E-state index is -0.0316. The van der Waals surface area contributed by atoms with Crippen LogP contribution in [0.5, 0.6) is 5.88 Å². The summed E-state index contributed by atoms with van der Waals surface area (Å²) >= 11 is 0. The zero-order valence-corrected chi connectivity index (χ0v) is 12.9. The van der Waals surface area contributed by atoms with Gasteiger partial charge in [0.15, 0.2) is 0 Å². The van der Waals surface area contributed by atoms with Gasteiger partial charge < -0.3 is 9.64 Å². The number of methoxy groups -OCH3 is 1. The van der Waals surface area contributed by atoms with Crippen molar-refractivity contribution in [3.8, 4) is 5.88 Å². The summed E-state index contributed by atoms with van der Waals surface area (Å²) in [5.74, 6) is 0.345. The van der Waals surface area contributed by atoms with Crippen LogP contribution in [0.25, 0.3) is 0 Å². The first-order valence-corrected chi connectivity index (χ1v) is 7.50. The van der Waals surface area contributed by atoms with Crippen LogP contribution >= 0.6 is 0 Å². The third-order valence-corrected chi connectivity index (χ3v) is 4.16. The van der Waals surface area contributed by atoms with Crippen LogP contribution in [0.1, 0.15) is 41.4 Å². The van der Waals surface area contributed by atoms with E-state index in [1.807, 2.05) is 22.7 Å². The van der Waals surface area contributed by atoms with Gasteiger partial charge in [-0.2, -0.15) is 5.10 Å². The largest absolute Gasteiger partial charge is 0.480 e. The van der Waals surface area contributed by atoms with Gasteiger partial charge in [-0.15, -0.1) is 0 Å². The van der Waals surface area contributed by atoms with Crippen LogP contribution in [0.3, 0.4) is 0 Å². The summed E-state index contributed by atoms with van der Waals surface area (Å²) in [6.07, 6.45) is 6.49. The predicted octanol–water partition coefficient (Wildman–Crippen LogP) is 2.19. The normalized spacial score (nSPS) is 18.3. The van der Waals surface area contributed by atoms with Crippen LogP contribution in [0.4, 0.5) is 0 Å². The van der Waals surface area contributed by atoms with E-state index < -0.39 is 0 Å². The van der Waals surface area contributed by atoms with Crippen LogP contribution in [0.15, 0.2) is 30.6 Å². The van der Waals surface area contributed by atoms with Gasteiger partial charge in [-0.25, -0.2) is 4.98 Å². The molecule has 1 amide bonds. The number of likely N-dealkylation sites (tertiary alicyclic amines) is 1. The SMILES string of the molecule is COc1ncccc1C(=O)N1CCCC[C@H]1c1ccnn1C. The Morgan fingerprint density at radius 1 is 1.32 bits per heavy atom. The van der Waals surface area contributed by atoms with Crippen molar-refractivity contribution in [2.45, 2.75) is 25.3 Å². The number of aromatic nitrogens is 3. The average Bonchev–Trinajstić information content (AvgIpc) is 3.00. The van der Waals surface area contributed by atoms with Crippen LogP contribution in [0, 0.1) is 0 Å². The number of rotatable bonds is 3. The Morgan fingerprint density at radius 3 is 2.91 bits per heavy atom. The number of aryl methyl sites for hydroxylation is 1. The lowest BCUT2D eigenvalue weighted by Crippen LogP contribution is -2.39. The Labute approximate surface area is 129 Å². The number of pyridine rings is 1. The van der Waals surface area contributed by atoms with Gasteiger partial charge in [-0.05, 0) is 37.5 Å². The van der Waals surface area contributed by atoms with E-state index >= 15 is 0 Å². The molecule has 116 valence electrons. The Hall–Kier alpha value is -2.37. The quantitative estimate of drug-likeness (QED) is 0.872. The van der Waals surface area contributed by atoms with Crippen LogP contribution in [-0.2, 0) is 7.05 Å². The molecule has 3 heterocycles. The van der Waals surface area contributed by atoms with Gasteiger partial charge in [-0.1, -0.05) is 0 Å². The van der Waals surface area contributed by atoms with E-state index in [1.54, 1.807) is 24.5 Å². The zero-order valence-electron chi connectivity index (χ0n) is 12.9. The highest BCUT2D eigenvalue weighted by Gasteiger charge is 2.31. The fourth-order valence-electron chi connectivity index (χ4n) is 3.06. The minimum absolute atomic E-state index is 0.0316. The summed E-state index contributed by atoms with van der Waals surface area (Å²) in [5, 5.41) is 4.23. The second kappa shape index (κ2) is 6.17. The smallest absolute Gasteiger partial charge is 0.259 e. The summed E-state index contributed by atoms with van der Waals surface area (Å²) in [5.41, 5.74) is 1.58. The third kappa shape index (κ3) is 2.56. The highest BCUT2D eigenvalue weighted by Crippen LogP contribution is 2.32. The van der Waals surface area contributed by atoms with Crippen molar-refractivity contribution in [1.29, 1.82) is 0 Å². The topological polar surface area (TPSA) is 60.2 Å². The van der Waals surface area contributed by atoms with Gasteiger partial charge in [0, 0.05) is 26.0 Å². The molecule has 0 radical (unpaired) electrons. The van der Waals surface area contributed by atoms with Crippen molar-refractivity contribution in [2.24, 2.45) is 7.05 Å². The van der Waals surface area contributed by atoms with E-state index in [0.29, 0.717) is 11.4 Å². The second-order valence-electron chi connectivity index (χ2n) is 5.45. The fourth-order valence-corrected chi connectivity index (χ4v) is 3.06. The number of amides is 1. The standard InChI is InChI=1S/C16H20N4O2/c1-19-13(8-10-18-19)14-7-3-4-11-20(14)16(21)12-6-5-9-17-15(12)22-2/h5-6,8-10,14H,3-4,7,11H2,1-2H3/t14-/m0/s1. The maximum atomic E-state index is 13.0. The van der Waals surface area contributed by atoms with Gasteiger partial charge >= 0.3 is 0 Å². The van der Waals surface area contributed by atoms with Gasteiger partial charge in [-0.3, -0.25) is 9.48 Å². The molecule has 0 aromatic carbocycles. The highest BCUT2D eigenvalue weighted by atomic mass is 16.5. The monoisotopic (exact) mass is 300 g/mol. The molecular weight excluding hydrogens is 280 g/mol. The fraction of sp³-hybridized carbons (Fsp3) is 0.438. The molecule has 0 bridgehead atoms. The van der Waals surface area contributed by atoms with Gasteiger partial charge in [0.2, 0.25) is 5.88 Å². The van der Waals surface area contributed by atoms with Crippen LogP contribution in [0.2, 0.25) is 0 Å².